The van der Waals surface area contributed by atoms with Gasteiger partial charge >= 0.3 is 0 Å². The van der Waals surface area contributed by atoms with E-state index in [-0.39, 0.29) is 0 Å². The SMILES string of the molecule is COc1cccc(C(O)COC2CCC2)c1. The van der Waals surface area contributed by atoms with Crippen LogP contribution < -0.4 is 4.74 Å². The minimum Gasteiger partial charge on any atom is -0.497 e. The largest absolute Gasteiger partial charge is 0.497 e. The van der Waals surface area contributed by atoms with Crippen molar-refractivity contribution in [2.75, 3.05) is 13.7 Å². The quantitative estimate of drug-likeness (QED) is 0.830. The number of rotatable bonds is 5. The fraction of sp³-hybridized carbons (Fsp3) is 0.538. The van der Waals surface area contributed by atoms with Gasteiger partial charge in [-0.05, 0) is 37.0 Å². The highest BCUT2D eigenvalue weighted by Crippen LogP contribution is 2.25. The van der Waals surface area contributed by atoms with E-state index in [9.17, 15) is 5.11 Å². The maximum atomic E-state index is 9.93. The van der Waals surface area contributed by atoms with Crippen LogP contribution in [0, 0.1) is 0 Å². The zero-order valence-electron chi connectivity index (χ0n) is 9.56. The van der Waals surface area contributed by atoms with E-state index in [0.717, 1.165) is 24.2 Å². The summed E-state index contributed by atoms with van der Waals surface area (Å²) in [4.78, 5) is 0. The second kappa shape index (κ2) is 5.32. The smallest absolute Gasteiger partial charge is 0.119 e. The fourth-order valence-electron chi connectivity index (χ4n) is 1.71. The van der Waals surface area contributed by atoms with E-state index in [4.69, 9.17) is 9.47 Å². The molecule has 3 nitrogen and oxygen atoms in total. The second-order valence-electron chi connectivity index (χ2n) is 4.18. The van der Waals surface area contributed by atoms with E-state index < -0.39 is 6.10 Å². The van der Waals surface area contributed by atoms with E-state index in [1.807, 2.05) is 24.3 Å². The lowest BCUT2D eigenvalue weighted by molar-refractivity contribution is -0.0427. The Bertz CT molecular complexity index is 334. The first-order valence-electron chi connectivity index (χ1n) is 5.73. The minimum absolute atomic E-state index is 0.361. The van der Waals surface area contributed by atoms with Crippen LogP contribution in [0.15, 0.2) is 24.3 Å². The van der Waals surface area contributed by atoms with E-state index >= 15 is 0 Å². The van der Waals surface area contributed by atoms with E-state index in [1.54, 1.807) is 7.11 Å². The molecule has 1 aliphatic carbocycles. The van der Waals surface area contributed by atoms with E-state index in [0.29, 0.717) is 12.7 Å². The minimum atomic E-state index is -0.560. The molecule has 0 saturated heterocycles. The van der Waals surface area contributed by atoms with Gasteiger partial charge in [0.25, 0.3) is 0 Å². The molecule has 3 heteroatoms. The molecule has 1 atom stereocenters. The molecule has 0 amide bonds. The summed E-state index contributed by atoms with van der Waals surface area (Å²) in [6.45, 7) is 0.373. The van der Waals surface area contributed by atoms with Crippen molar-refractivity contribution in [1.82, 2.24) is 0 Å². The Kier molecular flexibility index (Phi) is 3.80. The number of methoxy groups -OCH3 is 1. The van der Waals surface area contributed by atoms with Crippen molar-refractivity contribution in [2.45, 2.75) is 31.5 Å². The van der Waals surface area contributed by atoms with Crippen molar-refractivity contribution in [3.63, 3.8) is 0 Å². The molecule has 0 radical (unpaired) electrons. The Morgan fingerprint density at radius 2 is 2.25 bits per heavy atom. The van der Waals surface area contributed by atoms with Crippen LogP contribution in [-0.4, -0.2) is 24.9 Å². The van der Waals surface area contributed by atoms with Crippen molar-refractivity contribution >= 4 is 0 Å². The van der Waals surface area contributed by atoms with Gasteiger partial charge in [0.2, 0.25) is 0 Å². The van der Waals surface area contributed by atoms with Gasteiger partial charge < -0.3 is 14.6 Å². The predicted molar refractivity (Wildman–Crippen MR) is 61.5 cm³/mol. The van der Waals surface area contributed by atoms with Crippen LogP contribution >= 0.6 is 0 Å². The van der Waals surface area contributed by atoms with Crippen molar-refractivity contribution in [2.24, 2.45) is 0 Å². The van der Waals surface area contributed by atoms with Crippen molar-refractivity contribution in [3.05, 3.63) is 29.8 Å². The van der Waals surface area contributed by atoms with Gasteiger partial charge in [-0.25, -0.2) is 0 Å². The van der Waals surface area contributed by atoms with Crippen LogP contribution in [0.1, 0.15) is 30.9 Å². The molecular weight excluding hydrogens is 204 g/mol. The van der Waals surface area contributed by atoms with Gasteiger partial charge in [-0.15, -0.1) is 0 Å². The zero-order valence-corrected chi connectivity index (χ0v) is 9.56. The highest BCUT2D eigenvalue weighted by molar-refractivity contribution is 5.29. The number of hydrogen-bond donors (Lipinski definition) is 1. The Balaban J connectivity index is 1.88. The lowest BCUT2D eigenvalue weighted by atomic mass is 9.96. The number of aliphatic hydroxyl groups excluding tert-OH is 1. The normalized spacial score (nSPS) is 17.9. The molecular formula is C13H18O3. The molecule has 0 heterocycles. The zero-order chi connectivity index (χ0) is 11.4. The average Bonchev–Trinajstić information content (AvgIpc) is 2.27. The number of aliphatic hydroxyl groups is 1. The molecule has 1 N–H and O–H groups in total. The lowest BCUT2D eigenvalue weighted by Crippen LogP contribution is -2.24. The summed E-state index contributed by atoms with van der Waals surface area (Å²) < 4.78 is 10.7. The molecule has 16 heavy (non-hydrogen) atoms. The Morgan fingerprint density at radius 3 is 2.88 bits per heavy atom. The summed E-state index contributed by atoms with van der Waals surface area (Å²) in [5, 5.41) is 9.93. The molecule has 1 unspecified atom stereocenters. The van der Waals surface area contributed by atoms with Gasteiger partial charge in [-0.3, -0.25) is 0 Å². The summed E-state index contributed by atoms with van der Waals surface area (Å²) in [6, 6.07) is 7.47. The first-order chi connectivity index (χ1) is 7.79. The van der Waals surface area contributed by atoms with Crippen LogP contribution in [0.25, 0.3) is 0 Å². The first-order valence-corrected chi connectivity index (χ1v) is 5.73. The molecule has 1 aromatic rings. The molecule has 0 aliphatic heterocycles. The molecule has 0 bridgehead atoms. The second-order valence-corrected chi connectivity index (χ2v) is 4.18. The van der Waals surface area contributed by atoms with Crippen molar-refractivity contribution in [3.8, 4) is 5.75 Å². The number of hydrogen-bond acceptors (Lipinski definition) is 3. The molecule has 1 saturated carbocycles. The maximum absolute atomic E-state index is 9.93. The summed E-state index contributed by atoms with van der Waals surface area (Å²) in [7, 11) is 1.62. The third-order valence-electron chi connectivity index (χ3n) is 3.02. The van der Waals surface area contributed by atoms with Crippen LogP contribution in [0.5, 0.6) is 5.75 Å². The molecule has 1 aromatic carbocycles. The molecule has 2 rings (SSSR count). The predicted octanol–water partition coefficient (Wildman–Crippen LogP) is 2.30. The Hall–Kier alpha value is -1.06. The van der Waals surface area contributed by atoms with E-state index in [2.05, 4.69) is 0 Å². The first kappa shape index (κ1) is 11.4. The van der Waals surface area contributed by atoms with Crippen molar-refractivity contribution < 1.29 is 14.6 Å². The standard InChI is InChI=1S/C13H18O3/c1-15-12-7-2-4-10(8-12)13(14)9-16-11-5-3-6-11/h2,4,7-8,11,13-14H,3,5-6,9H2,1H3. The molecule has 88 valence electrons. The highest BCUT2D eigenvalue weighted by atomic mass is 16.5. The van der Waals surface area contributed by atoms with Gasteiger partial charge in [-0.1, -0.05) is 12.1 Å². The van der Waals surface area contributed by atoms with Crippen molar-refractivity contribution in [1.29, 1.82) is 0 Å². The number of benzene rings is 1. The highest BCUT2D eigenvalue weighted by Gasteiger charge is 2.19. The summed E-state index contributed by atoms with van der Waals surface area (Å²) in [5.74, 6) is 0.764. The van der Waals surface area contributed by atoms with Crippen LogP contribution in [0.3, 0.4) is 0 Å². The third kappa shape index (κ3) is 2.74. The molecule has 1 aliphatic rings. The maximum Gasteiger partial charge on any atom is 0.119 e. The van der Waals surface area contributed by atoms with Crippen LogP contribution in [0.4, 0.5) is 0 Å². The van der Waals surface area contributed by atoms with Gasteiger partial charge in [-0.2, -0.15) is 0 Å². The summed E-state index contributed by atoms with van der Waals surface area (Å²) in [5.41, 5.74) is 0.846. The number of ether oxygens (including phenoxy) is 2. The molecule has 0 aromatic heterocycles. The Labute approximate surface area is 96.0 Å². The lowest BCUT2D eigenvalue weighted by Gasteiger charge is -2.26. The monoisotopic (exact) mass is 222 g/mol. The third-order valence-corrected chi connectivity index (χ3v) is 3.02. The topological polar surface area (TPSA) is 38.7 Å². The average molecular weight is 222 g/mol. The summed E-state index contributed by atoms with van der Waals surface area (Å²) >= 11 is 0. The van der Waals surface area contributed by atoms with E-state index in [1.165, 1.54) is 6.42 Å². The van der Waals surface area contributed by atoms with Gasteiger partial charge in [0.05, 0.1) is 19.8 Å². The van der Waals surface area contributed by atoms with Crippen LogP contribution in [0.2, 0.25) is 0 Å². The molecule has 0 spiro atoms. The van der Waals surface area contributed by atoms with Gasteiger partial charge in [0, 0.05) is 0 Å². The fourth-order valence-corrected chi connectivity index (χ4v) is 1.71. The Morgan fingerprint density at radius 1 is 1.44 bits per heavy atom. The van der Waals surface area contributed by atoms with Crippen LogP contribution in [-0.2, 0) is 4.74 Å². The van der Waals surface area contributed by atoms with Gasteiger partial charge in [0.15, 0.2) is 0 Å². The van der Waals surface area contributed by atoms with Gasteiger partial charge in [0.1, 0.15) is 11.9 Å². The summed E-state index contributed by atoms with van der Waals surface area (Å²) in [6.07, 6.45) is 3.31. The molecule has 1 fully saturated rings.